The monoisotopic (exact) mass is 294 g/mol. The second kappa shape index (κ2) is 5.94. The molecule has 3 aromatic rings. The fraction of sp³-hybridized carbons (Fsp3) is 0.0556. The Labute approximate surface area is 127 Å². The molecule has 0 amide bonds. The molecule has 3 heteroatoms. The molecule has 1 aromatic carbocycles. The molecule has 2 heterocycles. The van der Waals surface area contributed by atoms with E-state index in [2.05, 4.69) is 18.4 Å². The predicted molar refractivity (Wildman–Crippen MR) is 88.4 cm³/mol. The Morgan fingerprint density at radius 3 is 2.57 bits per heavy atom. The summed E-state index contributed by atoms with van der Waals surface area (Å²) in [6.45, 7) is 2.06. The fourth-order valence-electron chi connectivity index (χ4n) is 2.03. The van der Waals surface area contributed by atoms with Gasteiger partial charge >= 0.3 is 0 Å². The zero-order valence-corrected chi connectivity index (χ0v) is 12.4. The van der Waals surface area contributed by atoms with Crippen LogP contribution in [0.2, 0.25) is 0 Å². The van der Waals surface area contributed by atoms with E-state index in [1.54, 1.807) is 11.3 Å². The van der Waals surface area contributed by atoms with E-state index < -0.39 is 0 Å². The zero-order chi connectivity index (χ0) is 14.7. The highest BCUT2D eigenvalue weighted by Crippen LogP contribution is 2.20. The van der Waals surface area contributed by atoms with Gasteiger partial charge in [-0.25, -0.2) is 0 Å². The van der Waals surface area contributed by atoms with Crippen LogP contribution < -0.4 is 5.43 Å². The van der Waals surface area contributed by atoms with Gasteiger partial charge in [-0.2, -0.15) is 0 Å². The normalized spacial score (nSPS) is 11.1. The number of thiophene rings is 1. The van der Waals surface area contributed by atoms with E-state index in [0.29, 0.717) is 11.5 Å². The first-order chi connectivity index (χ1) is 10.2. The molecule has 0 saturated carbocycles. The van der Waals surface area contributed by atoms with Gasteiger partial charge in [-0.15, -0.1) is 11.3 Å². The Balaban J connectivity index is 1.95. The third kappa shape index (κ3) is 3.38. The van der Waals surface area contributed by atoms with Crippen LogP contribution in [0.25, 0.3) is 23.5 Å². The lowest BCUT2D eigenvalue weighted by Crippen LogP contribution is -1.98. The molecule has 0 bridgehead atoms. The third-order valence-corrected chi connectivity index (χ3v) is 4.02. The Morgan fingerprint density at radius 2 is 1.86 bits per heavy atom. The van der Waals surface area contributed by atoms with Crippen molar-refractivity contribution < 1.29 is 4.42 Å². The van der Waals surface area contributed by atoms with E-state index in [1.807, 2.05) is 42.5 Å². The molecule has 0 aliphatic carbocycles. The van der Waals surface area contributed by atoms with Crippen LogP contribution in [-0.2, 0) is 0 Å². The number of hydrogen-bond donors (Lipinski definition) is 0. The van der Waals surface area contributed by atoms with Gasteiger partial charge in [0.2, 0.25) is 0 Å². The molecule has 3 rings (SSSR count). The van der Waals surface area contributed by atoms with Crippen molar-refractivity contribution in [2.45, 2.75) is 6.92 Å². The maximum absolute atomic E-state index is 11.8. The predicted octanol–water partition coefficient (Wildman–Crippen LogP) is 4.85. The molecule has 0 radical (unpaired) electrons. The molecule has 21 heavy (non-hydrogen) atoms. The largest absolute Gasteiger partial charge is 0.456 e. The van der Waals surface area contributed by atoms with E-state index in [4.69, 9.17) is 4.42 Å². The number of benzene rings is 1. The van der Waals surface area contributed by atoms with Crippen LogP contribution in [0.4, 0.5) is 0 Å². The summed E-state index contributed by atoms with van der Waals surface area (Å²) >= 11 is 1.67. The lowest BCUT2D eigenvalue weighted by Gasteiger charge is -2.01. The van der Waals surface area contributed by atoms with E-state index in [-0.39, 0.29) is 5.43 Å². The van der Waals surface area contributed by atoms with Gasteiger partial charge in [-0.1, -0.05) is 30.3 Å². The number of hydrogen-bond acceptors (Lipinski definition) is 3. The highest BCUT2D eigenvalue weighted by atomic mass is 32.1. The van der Waals surface area contributed by atoms with Crippen LogP contribution in [0.3, 0.4) is 0 Å². The van der Waals surface area contributed by atoms with Crippen LogP contribution in [0.15, 0.2) is 63.1 Å². The van der Waals surface area contributed by atoms with Crippen molar-refractivity contribution in [1.29, 1.82) is 0 Å². The second-order valence-corrected chi connectivity index (χ2v) is 5.73. The molecule has 0 aliphatic heterocycles. The first-order valence-electron chi connectivity index (χ1n) is 6.64. The fourth-order valence-corrected chi connectivity index (χ4v) is 2.82. The minimum atomic E-state index is -0.0536. The average Bonchev–Trinajstić information content (AvgIpc) is 2.91. The van der Waals surface area contributed by atoms with Gasteiger partial charge in [-0.05, 0) is 36.1 Å². The van der Waals surface area contributed by atoms with Crippen molar-refractivity contribution in [2.24, 2.45) is 0 Å². The van der Waals surface area contributed by atoms with Gasteiger partial charge in [0, 0.05) is 22.6 Å². The van der Waals surface area contributed by atoms with Crippen molar-refractivity contribution in [2.75, 3.05) is 0 Å². The second-order valence-electron chi connectivity index (χ2n) is 4.79. The molecule has 0 spiro atoms. The van der Waals surface area contributed by atoms with Crippen molar-refractivity contribution >= 4 is 23.5 Å². The van der Waals surface area contributed by atoms with Crippen molar-refractivity contribution in [1.82, 2.24) is 0 Å². The summed E-state index contributed by atoms with van der Waals surface area (Å²) in [7, 11) is 0. The Bertz CT molecular complexity index is 826. The summed E-state index contributed by atoms with van der Waals surface area (Å²) in [4.78, 5) is 12.9. The van der Waals surface area contributed by atoms with Gasteiger partial charge in [0.25, 0.3) is 0 Å². The minimum absolute atomic E-state index is 0.0536. The van der Waals surface area contributed by atoms with Crippen LogP contribution in [-0.4, -0.2) is 0 Å². The van der Waals surface area contributed by atoms with Crippen molar-refractivity contribution in [3.8, 4) is 11.3 Å². The van der Waals surface area contributed by atoms with Gasteiger partial charge in [0.15, 0.2) is 5.43 Å². The summed E-state index contributed by atoms with van der Waals surface area (Å²) in [5, 5.41) is 2.09. The van der Waals surface area contributed by atoms with Crippen LogP contribution in [0, 0.1) is 6.92 Å². The smallest absolute Gasteiger partial charge is 0.186 e. The SMILES string of the molecule is Cc1csc(C=Cc2cc(=O)cc(-c3ccccc3)o2)c1. The minimum Gasteiger partial charge on any atom is -0.456 e. The molecular weight excluding hydrogens is 280 g/mol. The standard InChI is InChI=1S/C18H14O2S/c1-13-9-17(21-12-13)8-7-16-10-15(19)11-18(20-16)14-5-3-2-4-6-14/h2-12H,1H3. The zero-order valence-electron chi connectivity index (χ0n) is 11.6. The third-order valence-electron chi connectivity index (χ3n) is 3.01. The lowest BCUT2D eigenvalue weighted by molar-refractivity contribution is 0.554. The first kappa shape index (κ1) is 13.6. The summed E-state index contributed by atoms with van der Waals surface area (Å²) in [6.07, 6.45) is 3.80. The Hall–Kier alpha value is -2.39. The lowest BCUT2D eigenvalue weighted by atomic mass is 10.1. The van der Waals surface area contributed by atoms with E-state index in [0.717, 1.165) is 10.4 Å². The quantitative estimate of drug-likeness (QED) is 0.691. The maximum atomic E-state index is 11.8. The van der Waals surface area contributed by atoms with Gasteiger partial charge in [0.1, 0.15) is 11.5 Å². The molecule has 0 atom stereocenters. The van der Waals surface area contributed by atoms with Crippen molar-refractivity contribution in [3.05, 3.63) is 80.3 Å². The Kier molecular flexibility index (Phi) is 3.84. The van der Waals surface area contributed by atoms with Crippen molar-refractivity contribution in [3.63, 3.8) is 0 Å². The molecule has 0 fully saturated rings. The summed E-state index contributed by atoms with van der Waals surface area (Å²) < 4.78 is 5.79. The number of rotatable bonds is 3. The van der Waals surface area contributed by atoms with E-state index in [1.165, 1.54) is 17.7 Å². The van der Waals surface area contributed by atoms with Crippen LogP contribution >= 0.6 is 11.3 Å². The van der Waals surface area contributed by atoms with E-state index in [9.17, 15) is 4.79 Å². The van der Waals surface area contributed by atoms with Gasteiger partial charge in [-0.3, -0.25) is 4.79 Å². The van der Waals surface area contributed by atoms with Crippen LogP contribution in [0.1, 0.15) is 16.2 Å². The van der Waals surface area contributed by atoms with Gasteiger partial charge in [0.05, 0.1) is 0 Å². The molecule has 0 aliphatic rings. The number of aryl methyl sites for hydroxylation is 1. The van der Waals surface area contributed by atoms with Crippen LogP contribution in [0.5, 0.6) is 0 Å². The average molecular weight is 294 g/mol. The van der Waals surface area contributed by atoms with Gasteiger partial charge < -0.3 is 4.42 Å². The highest BCUT2D eigenvalue weighted by Gasteiger charge is 2.03. The molecule has 2 nitrogen and oxygen atoms in total. The topological polar surface area (TPSA) is 30.2 Å². The molecule has 0 N–H and O–H groups in total. The summed E-state index contributed by atoms with van der Waals surface area (Å²) in [5.74, 6) is 1.15. The molecule has 2 aromatic heterocycles. The summed E-state index contributed by atoms with van der Waals surface area (Å²) in [6, 6.07) is 14.7. The molecular formula is C18H14O2S. The maximum Gasteiger partial charge on any atom is 0.186 e. The van der Waals surface area contributed by atoms with E-state index >= 15 is 0 Å². The Morgan fingerprint density at radius 1 is 1.05 bits per heavy atom. The highest BCUT2D eigenvalue weighted by molar-refractivity contribution is 7.11. The summed E-state index contributed by atoms with van der Waals surface area (Å²) in [5.41, 5.74) is 2.08. The molecule has 104 valence electrons. The molecule has 0 unspecified atom stereocenters. The molecule has 0 saturated heterocycles. The first-order valence-corrected chi connectivity index (χ1v) is 7.52.